The van der Waals surface area contributed by atoms with Crippen LogP contribution >= 0.6 is 0 Å². The molecule has 253 valence electrons. The Hall–Kier alpha value is -3.86. The maximum atomic E-state index is 12.2. The number of ketones is 1. The van der Waals surface area contributed by atoms with Gasteiger partial charge >= 0.3 is 0 Å². The molecule has 0 aliphatic heterocycles. The average molecular weight is 819 g/mol. The van der Waals surface area contributed by atoms with Crippen molar-refractivity contribution in [3.8, 4) is 11.3 Å². The quantitative estimate of drug-likeness (QED) is 0.0944. The molecule has 1 radical (unpaired) electrons. The number of hydrogen-bond acceptors (Lipinski definition) is 4. The van der Waals surface area contributed by atoms with Crippen LogP contribution in [0.15, 0.2) is 78.8 Å². The molecule has 0 spiro atoms. The van der Waals surface area contributed by atoms with Crippen LogP contribution < -0.4 is 0 Å². The third-order valence-corrected chi connectivity index (χ3v) is 10.9. The zero-order valence-electron chi connectivity index (χ0n) is 29.8. The van der Waals surface area contributed by atoms with Crippen molar-refractivity contribution in [3.63, 3.8) is 0 Å². The number of allylic oxidation sites excluding steroid dienone is 2. The van der Waals surface area contributed by atoms with Gasteiger partial charge < -0.3 is 9.67 Å². The van der Waals surface area contributed by atoms with Crippen LogP contribution in [0.2, 0.25) is 0 Å². The molecule has 2 heterocycles. The maximum absolute atomic E-state index is 12.2. The Morgan fingerprint density at radius 3 is 2.12 bits per heavy atom. The van der Waals surface area contributed by atoms with Gasteiger partial charge in [-0.3, -0.25) is 9.78 Å². The summed E-state index contributed by atoms with van der Waals surface area (Å²) in [5.41, 5.74) is 7.12. The van der Waals surface area contributed by atoms with Crippen molar-refractivity contribution in [2.45, 2.75) is 81.1 Å². The monoisotopic (exact) mass is 819 g/mol. The third-order valence-electron chi connectivity index (χ3n) is 10.9. The number of hydrogen-bond donors (Lipinski definition) is 1. The fraction of sp³-hybridized carbons (Fsp3) is 0.357. The summed E-state index contributed by atoms with van der Waals surface area (Å²) in [5, 5.41) is 16.2. The minimum atomic E-state index is -0.337. The first kappa shape index (κ1) is 37.0. The van der Waals surface area contributed by atoms with Gasteiger partial charge in [-0.05, 0) is 67.5 Å². The van der Waals surface area contributed by atoms with E-state index in [0.29, 0.717) is 0 Å². The molecule has 48 heavy (non-hydrogen) atoms. The molecular weight excluding hydrogens is 771 g/mol. The Labute approximate surface area is 298 Å². The second kappa shape index (κ2) is 14.7. The van der Waals surface area contributed by atoms with Gasteiger partial charge in [0.1, 0.15) is 12.1 Å². The van der Waals surface area contributed by atoms with Crippen LogP contribution in [0.5, 0.6) is 0 Å². The van der Waals surface area contributed by atoms with Gasteiger partial charge in [0.15, 0.2) is 5.78 Å². The fourth-order valence-electron chi connectivity index (χ4n) is 6.25. The van der Waals surface area contributed by atoms with E-state index in [9.17, 15) is 9.90 Å². The number of carbonyl (C=O) groups excluding carboxylic acids is 1. The normalized spacial score (nSPS) is 12.3. The Kier molecular flexibility index (Phi) is 11.3. The minimum absolute atomic E-state index is 0. The van der Waals surface area contributed by atoms with E-state index in [-0.39, 0.29) is 42.5 Å². The van der Waals surface area contributed by atoms with Crippen molar-refractivity contribution in [3.05, 3.63) is 96.0 Å². The van der Waals surface area contributed by atoms with Crippen molar-refractivity contribution < 1.29 is 30.0 Å². The van der Waals surface area contributed by atoms with Crippen LogP contribution in [0.25, 0.3) is 54.7 Å². The summed E-state index contributed by atoms with van der Waals surface area (Å²) in [6.07, 6.45) is 6.43. The van der Waals surface area contributed by atoms with E-state index < -0.39 is 0 Å². The Morgan fingerprint density at radius 2 is 1.48 bits per heavy atom. The second-order valence-electron chi connectivity index (χ2n) is 13.5. The van der Waals surface area contributed by atoms with Gasteiger partial charge in [0, 0.05) is 55.1 Å². The predicted molar refractivity (Wildman–Crippen MR) is 198 cm³/mol. The number of aryl methyl sites for hydroxylation is 3. The number of aromatic nitrogens is 3. The van der Waals surface area contributed by atoms with Gasteiger partial charge in [0.2, 0.25) is 0 Å². The molecule has 5 nitrogen and oxygen atoms in total. The summed E-state index contributed by atoms with van der Waals surface area (Å²) in [7, 11) is 2.10. The molecule has 6 rings (SSSR count). The fourth-order valence-corrected chi connectivity index (χ4v) is 6.25. The molecule has 0 aliphatic carbocycles. The first-order valence-corrected chi connectivity index (χ1v) is 16.9. The molecule has 2 aromatic heterocycles. The van der Waals surface area contributed by atoms with E-state index in [4.69, 9.17) is 4.98 Å². The molecule has 4 aromatic carbocycles. The molecule has 0 atom stereocenters. The first-order valence-electron chi connectivity index (χ1n) is 16.9. The van der Waals surface area contributed by atoms with Gasteiger partial charge in [-0.2, -0.15) is 0 Å². The van der Waals surface area contributed by atoms with Crippen LogP contribution in [-0.2, 0) is 31.9 Å². The molecule has 6 heteroatoms. The second-order valence-corrected chi connectivity index (χ2v) is 13.5. The number of fused-ring (bicyclic) bond motifs is 6. The average Bonchev–Trinajstić information content (AvgIpc) is 3.39. The van der Waals surface area contributed by atoms with Crippen LogP contribution in [0, 0.1) is 30.7 Å². The summed E-state index contributed by atoms with van der Waals surface area (Å²) in [5.74, 6) is 0.286. The van der Waals surface area contributed by atoms with E-state index in [1.807, 2.05) is 47.6 Å². The molecule has 0 saturated carbocycles. The molecule has 6 aromatic rings. The molecular formula is C42H48IrN3O2-. The van der Waals surface area contributed by atoms with Crippen molar-refractivity contribution in [1.82, 2.24) is 14.5 Å². The van der Waals surface area contributed by atoms with Crippen LogP contribution in [0.1, 0.15) is 78.4 Å². The summed E-state index contributed by atoms with van der Waals surface area (Å²) >= 11 is 0. The summed E-state index contributed by atoms with van der Waals surface area (Å²) in [6, 6.07) is 25.0. The molecule has 0 saturated heterocycles. The predicted octanol–water partition coefficient (Wildman–Crippen LogP) is 11.2. The number of carbonyl (C=O) groups is 1. The standard InChI is InChI=1S/C27H20N3.C15H28O2.Ir/c1-16-12-20-10-11-23-24(22(20)13-17(16)2)26-27(30(23)3)25(28-15-29-26)21-9-8-18-6-4-5-7-19(18)14-21;1-7-14(5,8-2)12(16)11-13(17)15(6,9-3)10-4;/h4-8,10-15H,1-3H3;11,16H,7-10H2,1-6H3;/q-1;;/b;12-11-;. The van der Waals surface area contributed by atoms with E-state index in [1.54, 1.807) is 6.33 Å². The third kappa shape index (κ3) is 6.70. The SMILES string of the molecule is CCC(C)(CC)C(=O)/C=C(\O)C(C)(CC)CC.Cc1cc2ccc3c(c2cc1C)c1ncnc(-c2[c-]cc4ccccc4c2)c1n3C.[Ir]. The van der Waals surface area contributed by atoms with Crippen LogP contribution in [0.4, 0.5) is 0 Å². The van der Waals surface area contributed by atoms with Gasteiger partial charge in [-0.15, -0.1) is 29.1 Å². The van der Waals surface area contributed by atoms with Crippen molar-refractivity contribution in [2.24, 2.45) is 17.9 Å². The minimum Gasteiger partial charge on any atom is -0.512 e. The summed E-state index contributed by atoms with van der Waals surface area (Å²) in [4.78, 5) is 21.6. The first-order chi connectivity index (χ1) is 22.4. The number of aliphatic hydroxyl groups excluding tert-OH is 1. The molecule has 0 bridgehead atoms. The Morgan fingerprint density at radius 1 is 0.854 bits per heavy atom. The molecule has 0 amide bonds. The Balaban J connectivity index is 0.000000251. The van der Waals surface area contributed by atoms with E-state index in [1.165, 1.54) is 49.7 Å². The number of aliphatic hydroxyl groups is 1. The van der Waals surface area contributed by atoms with Crippen molar-refractivity contribution in [2.75, 3.05) is 0 Å². The van der Waals surface area contributed by atoms with Crippen LogP contribution in [-0.4, -0.2) is 25.4 Å². The van der Waals surface area contributed by atoms with Gasteiger partial charge in [-0.1, -0.05) is 89.4 Å². The molecule has 0 fully saturated rings. The van der Waals surface area contributed by atoms with E-state index in [0.717, 1.165) is 48.0 Å². The van der Waals surface area contributed by atoms with Crippen molar-refractivity contribution >= 4 is 49.3 Å². The van der Waals surface area contributed by atoms with Crippen LogP contribution in [0.3, 0.4) is 0 Å². The van der Waals surface area contributed by atoms with Crippen molar-refractivity contribution in [1.29, 1.82) is 0 Å². The van der Waals surface area contributed by atoms with Gasteiger partial charge in [0.25, 0.3) is 0 Å². The topological polar surface area (TPSA) is 68.0 Å². The largest absolute Gasteiger partial charge is 0.512 e. The molecule has 1 N–H and O–H groups in total. The molecule has 0 unspecified atom stereocenters. The zero-order valence-corrected chi connectivity index (χ0v) is 32.2. The number of rotatable bonds is 8. The van der Waals surface area contributed by atoms with E-state index in [2.05, 4.69) is 91.1 Å². The summed E-state index contributed by atoms with van der Waals surface area (Å²) in [6.45, 7) is 16.4. The Bertz CT molecular complexity index is 2130. The maximum Gasteiger partial charge on any atom is 0.164 e. The zero-order chi connectivity index (χ0) is 34.1. The number of benzene rings is 4. The smallest absolute Gasteiger partial charge is 0.164 e. The van der Waals surface area contributed by atoms with E-state index >= 15 is 0 Å². The molecule has 0 aliphatic rings. The van der Waals surface area contributed by atoms with Gasteiger partial charge in [0.05, 0.1) is 16.6 Å². The number of nitrogens with zero attached hydrogens (tertiary/aromatic N) is 3. The summed E-state index contributed by atoms with van der Waals surface area (Å²) < 4.78 is 2.22. The van der Waals surface area contributed by atoms with Gasteiger partial charge in [-0.25, -0.2) is 4.98 Å².